The van der Waals surface area contributed by atoms with Gasteiger partial charge in [0, 0.05) is 5.57 Å². The highest BCUT2D eigenvalue weighted by molar-refractivity contribution is 5.49. The van der Waals surface area contributed by atoms with E-state index in [4.69, 9.17) is 5.11 Å². The van der Waals surface area contributed by atoms with Crippen LogP contribution in [0.2, 0.25) is 0 Å². The van der Waals surface area contributed by atoms with Crippen LogP contribution in [-0.4, -0.2) is 12.2 Å². The highest BCUT2D eigenvalue weighted by atomic mass is 19.2. The second kappa shape index (κ2) is 13.0. The molecule has 1 aromatic carbocycles. The van der Waals surface area contributed by atoms with Crippen molar-refractivity contribution in [3.8, 4) is 5.75 Å². The molecule has 6 heteroatoms. The van der Waals surface area contributed by atoms with Gasteiger partial charge in [0.2, 0.25) is 11.6 Å². The van der Waals surface area contributed by atoms with Crippen molar-refractivity contribution < 1.29 is 27.4 Å². The summed E-state index contributed by atoms with van der Waals surface area (Å²) < 4.78 is 59.1. The van der Waals surface area contributed by atoms with E-state index in [1.807, 2.05) is 6.92 Å². The third-order valence-corrected chi connectivity index (χ3v) is 3.71. The molecule has 0 unspecified atom stereocenters. The molecule has 0 aromatic heterocycles. The molecular formula is C24H26F4O2. The summed E-state index contributed by atoms with van der Waals surface area (Å²) in [6.07, 6.45) is 5.01. The van der Waals surface area contributed by atoms with E-state index in [1.165, 1.54) is 18.2 Å². The number of aromatic hydroxyl groups is 1. The molecule has 1 aromatic rings. The van der Waals surface area contributed by atoms with Crippen LogP contribution in [-0.2, 0) is 11.2 Å². The summed E-state index contributed by atoms with van der Waals surface area (Å²) in [4.78, 5) is 0. The van der Waals surface area contributed by atoms with E-state index >= 15 is 0 Å². The predicted molar refractivity (Wildman–Crippen MR) is 114 cm³/mol. The molecule has 0 atom stereocenters. The molecule has 0 saturated carbocycles. The Balaban J connectivity index is 0.00000263. The summed E-state index contributed by atoms with van der Waals surface area (Å²) in [5.41, 5.74) is 0.399. The minimum Gasteiger partial charge on any atom is -0.505 e. The van der Waals surface area contributed by atoms with E-state index in [2.05, 4.69) is 37.6 Å². The van der Waals surface area contributed by atoms with Gasteiger partial charge >= 0.3 is 0 Å². The van der Waals surface area contributed by atoms with Gasteiger partial charge in [-0.05, 0) is 37.0 Å². The van der Waals surface area contributed by atoms with Crippen molar-refractivity contribution in [2.75, 3.05) is 7.11 Å². The molecule has 0 bridgehead atoms. The lowest BCUT2D eigenvalue weighted by Crippen LogP contribution is -1.96. The van der Waals surface area contributed by atoms with Gasteiger partial charge in [-0.25, -0.2) is 8.78 Å². The quantitative estimate of drug-likeness (QED) is 0.195. The fourth-order valence-electron chi connectivity index (χ4n) is 1.96. The van der Waals surface area contributed by atoms with Crippen LogP contribution in [0.15, 0.2) is 97.4 Å². The minimum atomic E-state index is -1.31. The molecule has 1 N–H and O–H groups in total. The summed E-state index contributed by atoms with van der Waals surface area (Å²) in [6.45, 7) is 19.2. The molecule has 0 aliphatic heterocycles. The summed E-state index contributed by atoms with van der Waals surface area (Å²) in [5.74, 6) is -6.18. The smallest absolute Gasteiger partial charge is 0.200 e. The van der Waals surface area contributed by atoms with Crippen LogP contribution in [0, 0.1) is 11.6 Å². The molecule has 30 heavy (non-hydrogen) atoms. The van der Waals surface area contributed by atoms with Crippen molar-refractivity contribution in [3.63, 3.8) is 0 Å². The van der Waals surface area contributed by atoms with E-state index < -0.39 is 34.8 Å². The number of hydrogen-bond donors (Lipinski definition) is 1. The molecule has 0 heterocycles. The molecule has 0 aliphatic rings. The lowest BCUT2D eigenvalue weighted by Gasteiger charge is -2.07. The third-order valence-electron chi connectivity index (χ3n) is 3.71. The average molecular weight is 422 g/mol. The van der Waals surface area contributed by atoms with Crippen molar-refractivity contribution in [1.82, 2.24) is 0 Å². The van der Waals surface area contributed by atoms with Gasteiger partial charge in [-0.2, -0.15) is 8.78 Å². The number of aryl methyl sites for hydroxylation is 1. The van der Waals surface area contributed by atoms with Crippen LogP contribution in [0.5, 0.6) is 5.75 Å². The second-order valence-electron chi connectivity index (χ2n) is 6.03. The number of halogens is 4. The lowest BCUT2D eigenvalue weighted by atomic mass is 10.0. The number of allylic oxidation sites excluding steroid dienone is 8. The Bertz CT molecular complexity index is 893. The van der Waals surface area contributed by atoms with Crippen LogP contribution in [0.1, 0.15) is 18.9 Å². The summed E-state index contributed by atoms with van der Waals surface area (Å²) in [7, 11) is 1.15. The first kappa shape index (κ1) is 26.7. The maximum Gasteiger partial charge on any atom is 0.200 e. The maximum absolute atomic E-state index is 13.9. The van der Waals surface area contributed by atoms with Gasteiger partial charge in [0.05, 0.1) is 7.11 Å². The van der Waals surface area contributed by atoms with Crippen molar-refractivity contribution in [3.05, 3.63) is 115 Å². The summed E-state index contributed by atoms with van der Waals surface area (Å²) in [5, 5.41) is 9.10. The number of phenolic OH excluding ortho intramolecular Hbond substituents is 1. The molecule has 0 spiro atoms. The zero-order valence-electron chi connectivity index (χ0n) is 17.2. The monoisotopic (exact) mass is 422 g/mol. The molecule has 0 aliphatic carbocycles. The first-order chi connectivity index (χ1) is 14.0. The maximum atomic E-state index is 13.9. The van der Waals surface area contributed by atoms with E-state index in [0.29, 0.717) is 5.57 Å². The fourth-order valence-corrected chi connectivity index (χ4v) is 1.96. The normalized spacial score (nSPS) is 11.1. The van der Waals surface area contributed by atoms with E-state index in [9.17, 15) is 17.6 Å². The predicted octanol–water partition coefficient (Wildman–Crippen LogP) is 7.33. The van der Waals surface area contributed by atoms with Gasteiger partial charge in [0.15, 0.2) is 17.4 Å². The lowest BCUT2D eigenvalue weighted by molar-refractivity contribution is 0.281. The number of phenols is 1. The Labute approximate surface area is 175 Å². The minimum absolute atomic E-state index is 0.0808. The number of rotatable bonds is 9. The fraction of sp³-hybridized carbons (Fsp3) is 0.167. The van der Waals surface area contributed by atoms with Crippen molar-refractivity contribution in [2.45, 2.75) is 19.8 Å². The van der Waals surface area contributed by atoms with Gasteiger partial charge in [0.25, 0.3) is 0 Å². The highest BCUT2D eigenvalue weighted by Gasteiger charge is 2.15. The molecule has 0 amide bonds. The van der Waals surface area contributed by atoms with E-state index in [-0.39, 0.29) is 29.6 Å². The van der Waals surface area contributed by atoms with Crippen molar-refractivity contribution in [2.24, 2.45) is 0 Å². The first-order valence-corrected chi connectivity index (χ1v) is 8.77. The molecule has 162 valence electrons. The molecular weight excluding hydrogens is 396 g/mol. The molecule has 0 fully saturated rings. The third kappa shape index (κ3) is 7.99. The Kier molecular flexibility index (Phi) is 11.6. The van der Waals surface area contributed by atoms with E-state index in [0.717, 1.165) is 13.2 Å². The first-order valence-electron chi connectivity index (χ1n) is 8.77. The second-order valence-corrected chi connectivity index (χ2v) is 6.03. The van der Waals surface area contributed by atoms with Gasteiger partial charge in [0.1, 0.15) is 5.76 Å². The van der Waals surface area contributed by atoms with Crippen LogP contribution >= 0.6 is 0 Å². The Hall–Kier alpha value is -3.28. The van der Waals surface area contributed by atoms with Crippen molar-refractivity contribution in [1.29, 1.82) is 0 Å². The van der Waals surface area contributed by atoms with Crippen LogP contribution in [0.25, 0.3) is 0 Å². The molecule has 2 nitrogen and oxygen atoms in total. The molecule has 0 radical (unpaired) electrons. The number of benzene rings is 1. The molecule has 1 rings (SSSR count). The zero-order valence-corrected chi connectivity index (χ0v) is 17.2. The highest BCUT2D eigenvalue weighted by Crippen LogP contribution is 2.27. The Morgan fingerprint density at radius 3 is 2.13 bits per heavy atom. The van der Waals surface area contributed by atoms with Gasteiger partial charge < -0.3 is 9.84 Å². The average Bonchev–Trinajstić information content (AvgIpc) is 2.73. The topological polar surface area (TPSA) is 29.5 Å². The number of hydrogen-bond acceptors (Lipinski definition) is 2. The Morgan fingerprint density at radius 2 is 1.60 bits per heavy atom. The number of methoxy groups -OCH3 is 1. The number of ether oxygens (including phenoxy) is 1. The van der Waals surface area contributed by atoms with Crippen LogP contribution < -0.4 is 0 Å². The zero-order chi connectivity index (χ0) is 23.4. The van der Waals surface area contributed by atoms with Gasteiger partial charge in [-0.15, -0.1) is 6.58 Å². The van der Waals surface area contributed by atoms with Gasteiger partial charge in [-0.3, -0.25) is 0 Å². The van der Waals surface area contributed by atoms with Crippen LogP contribution in [0.3, 0.4) is 0 Å². The summed E-state index contributed by atoms with van der Waals surface area (Å²) in [6, 6.07) is 2.34. The van der Waals surface area contributed by atoms with Crippen LogP contribution in [0.4, 0.5) is 17.6 Å². The van der Waals surface area contributed by atoms with Crippen molar-refractivity contribution >= 4 is 0 Å². The van der Waals surface area contributed by atoms with E-state index in [1.54, 1.807) is 6.08 Å². The summed E-state index contributed by atoms with van der Waals surface area (Å²) >= 11 is 0. The van der Waals surface area contributed by atoms with Gasteiger partial charge in [-0.1, -0.05) is 56.2 Å². The standard InChI is InChI=1S/C21H20F4O2.C3H6/c1-12(7-9-16-10-11-17(26)21(25)20(16)24)6-8-13(2)14(3)18(22)19(23)15(4)27-5;1-3-2/h6,8,10-11,26H,1-4,7,9H2,5H3;3H,1H2,2H3/b8-6-,19-18-;. The Morgan fingerprint density at radius 1 is 1.03 bits per heavy atom. The SMILES string of the molecule is C=C(/C=C\C(=C)C(=C)/C(F)=C(/F)C(=C)OC)CCc1ccc(O)c(F)c1F.C=CC. The molecule has 0 saturated heterocycles. The largest absolute Gasteiger partial charge is 0.505 e.